The Morgan fingerprint density at radius 3 is 3.00 bits per heavy atom. The number of nitrogens with zero attached hydrogens (tertiary/aromatic N) is 4. The normalized spacial score (nSPS) is 19.1. The van der Waals surface area contributed by atoms with Gasteiger partial charge < -0.3 is 5.73 Å². The molecule has 1 unspecified atom stereocenters. The van der Waals surface area contributed by atoms with Gasteiger partial charge in [0.2, 0.25) is 11.8 Å². The van der Waals surface area contributed by atoms with E-state index in [9.17, 15) is 9.59 Å². The molecule has 2 N–H and O–H groups in total. The molecule has 0 radical (unpaired) electrons. The fourth-order valence-corrected chi connectivity index (χ4v) is 1.72. The SMILES string of the molecule is N#Cc1cncnc1N1CC(C(N)=O)CC1=O. The highest BCUT2D eigenvalue weighted by molar-refractivity contribution is 6.00. The topological polar surface area (TPSA) is 113 Å². The third-order valence-electron chi connectivity index (χ3n) is 2.59. The molecule has 2 heterocycles. The van der Waals surface area contributed by atoms with E-state index in [1.54, 1.807) is 0 Å². The minimum atomic E-state index is -0.524. The van der Waals surface area contributed by atoms with Crippen molar-refractivity contribution in [3.05, 3.63) is 18.1 Å². The Labute approximate surface area is 96.9 Å². The summed E-state index contributed by atoms with van der Waals surface area (Å²) in [7, 11) is 0. The van der Waals surface area contributed by atoms with Crippen LogP contribution >= 0.6 is 0 Å². The fourth-order valence-electron chi connectivity index (χ4n) is 1.72. The van der Waals surface area contributed by atoms with Crippen molar-refractivity contribution in [2.24, 2.45) is 11.7 Å². The maximum Gasteiger partial charge on any atom is 0.229 e. The van der Waals surface area contributed by atoms with Crippen LogP contribution in [0.15, 0.2) is 12.5 Å². The molecule has 0 saturated carbocycles. The number of anilines is 1. The van der Waals surface area contributed by atoms with Crippen LogP contribution in [0.1, 0.15) is 12.0 Å². The predicted molar refractivity (Wildman–Crippen MR) is 56.4 cm³/mol. The molecule has 0 spiro atoms. The molecular formula is C10H9N5O2. The van der Waals surface area contributed by atoms with Gasteiger partial charge in [0.1, 0.15) is 18.0 Å². The number of nitriles is 1. The van der Waals surface area contributed by atoms with Crippen molar-refractivity contribution in [1.82, 2.24) is 9.97 Å². The van der Waals surface area contributed by atoms with E-state index >= 15 is 0 Å². The Hall–Kier alpha value is -2.49. The minimum absolute atomic E-state index is 0.0597. The first-order chi connectivity index (χ1) is 8.13. The highest BCUT2D eigenvalue weighted by Gasteiger charge is 2.35. The number of carbonyl (C=O) groups is 2. The third-order valence-corrected chi connectivity index (χ3v) is 2.59. The first-order valence-corrected chi connectivity index (χ1v) is 4.93. The summed E-state index contributed by atoms with van der Waals surface area (Å²) in [6.45, 7) is 0.167. The molecule has 1 aliphatic heterocycles. The second kappa shape index (κ2) is 4.17. The molecule has 86 valence electrons. The molecule has 1 aromatic heterocycles. The lowest BCUT2D eigenvalue weighted by molar-refractivity contribution is -0.123. The average Bonchev–Trinajstić information content (AvgIpc) is 2.71. The van der Waals surface area contributed by atoms with Crippen molar-refractivity contribution in [3.63, 3.8) is 0 Å². The molecule has 1 atom stereocenters. The summed E-state index contributed by atoms with van der Waals surface area (Å²) in [5, 5.41) is 8.88. The second-order valence-corrected chi connectivity index (χ2v) is 3.68. The summed E-state index contributed by atoms with van der Waals surface area (Å²) in [4.78, 5) is 31.6. The van der Waals surface area contributed by atoms with Crippen LogP contribution in [0.4, 0.5) is 5.82 Å². The molecule has 2 rings (SSSR count). The molecule has 0 aromatic carbocycles. The smallest absolute Gasteiger partial charge is 0.229 e. The fraction of sp³-hybridized carbons (Fsp3) is 0.300. The van der Waals surface area contributed by atoms with Crippen molar-refractivity contribution in [1.29, 1.82) is 5.26 Å². The molecule has 0 bridgehead atoms. The van der Waals surface area contributed by atoms with Gasteiger partial charge in [0.05, 0.1) is 12.1 Å². The molecule has 1 aromatic rings. The summed E-state index contributed by atoms with van der Waals surface area (Å²) in [5.74, 6) is -1.07. The van der Waals surface area contributed by atoms with Crippen LogP contribution in [0.25, 0.3) is 0 Å². The summed E-state index contributed by atoms with van der Waals surface area (Å²) < 4.78 is 0. The summed E-state index contributed by atoms with van der Waals surface area (Å²) in [6, 6.07) is 1.90. The van der Waals surface area contributed by atoms with Gasteiger partial charge >= 0.3 is 0 Å². The van der Waals surface area contributed by atoms with Crippen LogP contribution in [-0.2, 0) is 9.59 Å². The zero-order valence-corrected chi connectivity index (χ0v) is 8.83. The van der Waals surface area contributed by atoms with Crippen molar-refractivity contribution < 1.29 is 9.59 Å². The number of hydrogen-bond acceptors (Lipinski definition) is 5. The predicted octanol–water partition coefficient (Wildman–Crippen LogP) is -0.814. The van der Waals surface area contributed by atoms with E-state index in [0.29, 0.717) is 0 Å². The van der Waals surface area contributed by atoms with Crippen molar-refractivity contribution in [2.75, 3.05) is 11.4 Å². The second-order valence-electron chi connectivity index (χ2n) is 3.68. The lowest BCUT2D eigenvalue weighted by Crippen LogP contribution is -2.29. The van der Waals surface area contributed by atoms with E-state index in [1.165, 1.54) is 17.4 Å². The van der Waals surface area contributed by atoms with Crippen molar-refractivity contribution in [2.45, 2.75) is 6.42 Å². The quantitative estimate of drug-likeness (QED) is 0.714. The number of amides is 2. The van der Waals surface area contributed by atoms with Crippen LogP contribution in [0.2, 0.25) is 0 Å². The van der Waals surface area contributed by atoms with E-state index in [0.717, 1.165) is 0 Å². The van der Waals surface area contributed by atoms with Crippen LogP contribution in [-0.4, -0.2) is 28.3 Å². The standard InChI is InChI=1S/C10H9N5O2/c11-2-7-3-13-5-14-10(7)15-4-6(9(12)17)1-8(15)16/h3,5-6H,1,4H2,(H2,12,17). The van der Waals surface area contributed by atoms with E-state index in [4.69, 9.17) is 11.0 Å². The summed E-state index contributed by atoms with van der Waals surface area (Å²) >= 11 is 0. The highest BCUT2D eigenvalue weighted by Crippen LogP contribution is 2.25. The third kappa shape index (κ3) is 1.92. The molecular weight excluding hydrogens is 222 g/mol. The Kier molecular flexibility index (Phi) is 2.70. The minimum Gasteiger partial charge on any atom is -0.369 e. The van der Waals surface area contributed by atoms with Gasteiger partial charge in [-0.05, 0) is 0 Å². The van der Waals surface area contributed by atoms with E-state index < -0.39 is 11.8 Å². The van der Waals surface area contributed by atoms with E-state index in [2.05, 4.69) is 9.97 Å². The molecule has 17 heavy (non-hydrogen) atoms. The Bertz CT molecular complexity index is 522. The van der Waals surface area contributed by atoms with Crippen molar-refractivity contribution in [3.8, 4) is 6.07 Å². The van der Waals surface area contributed by atoms with Gasteiger partial charge in [-0.25, -0.2) is 9.97 Å². The zero-order chi connectivity index (χ0) is 12.4. The maximum atomic E-state index is 11.7. The van der Waals surface area contributed by atoms with Crippen LogP contribution < -0.4 is 10.6 Å². The van der Waals surface area contributed by atoms with Gasteiger partial charge in [0.15, 0.2) is 5.82 Å². The lowest BCUT2D eigenvalue weighted by Gasteiger charge is -2.15. The zero-order valence-electron chi connectivity index (χ0n) is 8.83. The first-order valence-electron chi connectivity index (χ1n) is 4.93. The number of nitrogens with two attached hydrogens (primary N) is 1. The molecule has 1 aliphatic rings. The monoisotopic (exact) mass is 231 g/mol. The number of aromatic nitrogens is 2. The van der Waals surface area contributed by atoms with Gasteiger partial charge in [-0.15, -0.1) is 0 Å². The van der Waals surface area contributed by atoms with E-state index in [-0.39, 0.29) is 30.3 Å². The highest BCUT2D eigenvalue weighted by atomic mass is 16.2. The summed E-state index contributed by atoms with van der Waals surface area (Å²) in [6.07, 6.45) is 2.64. The Morgan fingerprint density at radius 2 is 2.41 bits per heavy atom. The van der Waals surface area contributed by atoms with Crippen LogP contribution in [0, 0.1) is 17.2 Å². The van der Waals surface area contributed by atoms with Gasteiger partial charge in [-0.1, -0.05) is 0 Å². The number of rotatable bonds is 2. The van der Waals surface area contributed by atoms with Crippen LogP contribution in [0.3, 0.4) is 0 Å². The molecule has 1 fully saturated rings. The van der Waals surface area contributed by atoms with Crippen molar-refractivity contribution >= 4 is 17.6 Å². The van der Waals surface area contributed by atoms with Gasteiger partial charge in [0, 0.05) is 13.0 Å². The Balaban J connectivity index is 2.33. The van der Waals surface area contributed by atoms with Gasteiger partial charge in [-0.3, -0.25) is 14.5 Å². The molecule has 0 aliphatic carbocycles. The Morgan fingerprint density at radius 1 is 1.65 bits per heavy atom. The number of hydrogen-bond donors (Lipinski definition) is 1. The maximum absolute atomic E-state index is 11.7. The first kappa shape index (κ1) is 11.0. The van der Waals surface area contributed by atoms with Crippen LogP contribution in [0.5, 0.6) is 0 Å². The molecule has 7 heteroatoms. The van der Waals surface area contributed by atoms with Gasteiger partial charge in [-0.2, -0.15) is 5.26 Å². The molecule has 2 amide bonds. The van der Waals surface area contributed by atoms with Gasteiger partial charge in [0.25, 0.3) is 0 Å². The number of primary amides is 1. The molecule has 7 nitrogen and oxygen atoms in total. The largest absolute Gasteiger partial charge is 0.369 e. The lowest BCUT2D eigenvalue weighted by atomic mass is 10.1. The number of carbonyl (C=O) groups excluding carboxylic acids is 2. The van der Waals surface area contributed by atoms with E-state index in [1.807, 2.05) is 6.07 Å². The molecule has 1 saturated heterocycles. The average molecular weight is 231 g/mol. The summed E-state index contributed by atoms with van der Waals surface area (Å²) in [5.41, 5.74) is 5.36.